The molecule has 0 aliphatic rings. The van der Waals surface area contributed by atoms with Crippen LogP contribution in [0.25, 0.3) is 0 Å². The lowest BCUT2D eigenvalue weighted by Gasteiger charge is -2.19. The van der Waals surface area contributed by atoms with Gasteiger partial charge < -0.3 is 9.73 Å². The third-order valence-electron chi connectivity index (χ3n) is 3.65. The first-order chi connectivity index (χ1) is 11.4. The fraction of sp³-hybridized carbons (Fsp3) is 0.353. The molecule has 0 saturated carbocycles. The quantitative estimate of drug-likeness (QED) is 0.792. The standard InChI is InChI=1S/C17H22N2O4S/c1-14(15-7-4-3-5-8-15)18-17(20)10-11-19(24(2,21)22)13-16-9-6-12-23-16/h3-9,12,14H,10-11,13H2,1-2H3,(H,18,20). The highest BCUT2D eigenvalue weighted by atomic mass is 32.2. The summed E-state index contributed by atoms with van der Waals surface area (Å²) in [4.78, 5) is 12.1. The average Bonchev–Trinajstić information content (AvgIpc) is 3.04. The number of carbonyl (C=O) groups excluding carboxylic acids is 1. The summed E-state index contributed by atoms with van der Waals surface area (Å²) in [6.07, 6.45) is 2.70. The Kier molecular flexibility index (Phi) is 6.16. The smallest absolute Gasteiger partial charge is 0.221 e. The van der Waals surface area contributed by atoms with Crippen molar-refractivity contribution in [2.75, 3.05) is 12.8 Å². The van der Waals surface area contributed by atoms with Crippen LogP contribution in [0.2, 0.25) is 0 Å². The van der Waals surface area contributed by atoms with E-state index in [1.807, 2.05) is 37.3 Å². The first kappa shape index (κ1) is 18.2. The highest BCUT2D eigenvalue weighted by Crippen LogP contribution is 2.12. The number of benzene rings is 1. The van der Waals surface area contributed by atoms with Gasteiger partial charge in [-0.15, -0.1) is 0 Å². The van der Waals surface area contributed by atoms with Crippen molar-refractivity contribution in [2.24, 2.45) is 0 Å². The summed E-state index contributed by atoms with van der Waals surface area (Å²) in [6.45, 7) is 2.12. The molecular weight excluding hydrogens is 328 g/mol. The minimum Gasteiger partial charge on any atom is -0.468 e. The van der Waals surface area contributed by atoms with Gasteiger partial charge in [0.2, 0.25) is 15.9 Å². The van der Waals surface area contributed by atoms with E-state index in [4.69, 9.17) is 4.42 Å². The van der Waals surface area contributed by atoms with Gasteiger partial charge in [0.1, 0.15) is 5.76 Å². The molecule has 0 aliphatic carbocycles. The predicted octanol–water partition coefficient (Wildman–Crippen LogP) is 2.31. The van der Waals surface area contributed by atoms with Crippen LogP contribution in [0, 0.1) is 0 Å². The molecule has 0 aliphatic heterocycles. The number of sulfonamides is 1. The van der Waals surface area contributed by atoms with Crippen molar-refractivity contribution in [3.63, 3.8) is 0 Å². The van der Waals surface area contributed by atoms with Crippen LogP contribution < -0.4 is 5.32 Å². The molecule has 1 aromatic carbocycles. The van der Waals surface area contributed by atoms with Crippen LogP contribution in [-0.2, 0) is 21.4 Å². The topological polar surface area (TPSA) is 79.6 Å². The number of amides is 1. The Balaban J connectivity index is 1.90. The van der Waals surface area contributed by atoms with Crippen LogP contribution in [0.5, 0.6) is 0 Å². The highest BCUT2D eigenvalue weighted by molar-refractivity contribution is 7.88. The van der Waals surface area contributed by atoms with E-state index in [1.54, 1.807) is 12.1 Å². The summed E-state index contributed by atoms with van der Waals surface area (Å²) in [6, 6.07) is 12.9. The van der Waals surface area contributed by atoms with Crippen LogP contribution >= 0.6 is 0 Å². The number of nitrogens with one attached hydrogen (secondary N) is 1. The van der Waals surface area contributed by atoms with Gasteiger partial charge in [-0.3, -0.25) is 4.79 Å². The van der Waals surface area contributed by atoms with Gasteiger partial charge in [-0.2, -0.15) is 4.31 Å². The van der Waals surface area contributed by atoms with Gasteiger partial charge >= 0.3 is 0 Å². The van der Waals surface area contributed by atoms with Crippen molar-refractivity contribution < 1.29 is 17.6 Å². The molecule has 0 saturated heterocycles. The fourth-order valence-corrected chi connectivity index (χ4v) is 3.09. The first-order valence-electron chi connectivity index (χ1n) is 7.68. The Bertz CT molecular complexity index is 742. The number of carbonyl (C=O) groups is 1. The van der Waals surface area contributed by atoms with Crippen molar-refractivity contribution in [1.29, 1.82) is 0 Å². The average molecular weight is 350 g/mol. The van der Waals surface area contributed by atoms with E-state index in [0.29, 0.717) is 5.76 Å². The zero-order valence-electron chi connectivity index (χ0n) is 13.8. The van der Waals surface area contributed by atoms with E-state index in [9.17, 15) is 13.2 Å². The van der Waals surface area contributed by atoms with Gasteiger partial charge in [0.15, 0.2) is 0 Å². The Hall–Kier alpha value is -2.12. The number of hydrogen-bond acceptors (Lipinski definition) is 4. The number of nitrogens with zero attached hydrogens (tertiary/aromatic N) is 1. The summed E-state index contributed by atoms with van der Waals surface area (Å²) in [5.74, 6) is 0.345. The molecule has 1 aromatic heterocycles. The maximum absolute atomic E-state index is 12.1. The van der Waals surface area contributed by atoms with E-state index in [2.05, 4.69) is 5.32 Å². The zero-order valence-corrected chi connectivity index (χ0v) is 14.6. The van der Waals surface area contributed by atoms with Crippen LogP contribution in [0.4, 0.5) is 0 Å². The number of hydrogen-bond donors (Lipinski definition) is 1. The summed E-state index contributed by atoms with van der Waals surface area (Å²) >= 11 is 0. The second-order valence-electron chi connectivity index (χ2n) is 5.63. The number of furan rings is 1. The summed E-state index contributed by atoms with van der Waals surface area (Å²) in [7, 11) is -3.42. The fourth-order valence-electron chi connectivity index (χ4n) is 2.30. The second kappa shape index (κ2) is 8.12. The third-order valence-corrected chi connectivity index (χ3v) is 4.90. The lowest BCUT2D eigenvalue weighted by molar-refractivity contribution is -0.121. The van der Waals surface area contributed by atoms with E-state index < -0.39 is 10.0 Å². The molecule has 1 unspecified atom stereocenters. The molecule has 130 valence electrons. The largest absolute Gasteiger partial charge is 0.468 e. The van der Waals surface area contributed by atoms with E-state index in [0.717, 1.165) is 11.8 Å². The van der Waals surface area contributed by atoms with E-state index in [1.165, 1.54) is 10.6 Å². The molecule has 1 heterocycles. The monoisotopic (exact) mass is 350 g/mol. The SMILES string of the molecule is CC(NC(=O)CCN(Cc1ccco1)S(C)(=O)=O)c1ccccc1. The molecule has 0 radical (unpaired) electrons. The minimum absolute atomic E-state index is 0.0882. The normalized spacial score (nSPS) is 13.0. The lowest BCUT2D eigenvalue weighted by Crippen LogP contribution is -2.34. The zero-order chi connectivity index (χ0) is 17.6. The van der Waals surface area contributed by atoms with E-state index in [-0.39, 0.29) is 31.5 Å². The Morgan fingerprint density at radius 1 is 1.21 bits per heavy atom. The van der Waals surface area contributed by atoms with Crippen molar-refractivity contribution >= 4 is 15.9 Å². The van der Waals surface area contributed by atoms with Crippen LogP contribution in [-0.4, -0.2) is 31.4 Å². The Morgan fingerprint density at radius 3 is 2.50 bits per heavy atom. The molecular formula is C17H22N2O4S. The molecule has 6 nitrogen and oxygen atoms in total. The molecule has 1 N–H and O–H groups in total. The third kappa shape index (κ3) is 5.50. The van der Waals surface area contributed by atoms with Gasteiger partial charge in [0.25, 0.3) is 0 Å². The molecule has 1 amide bonds. The summed E-state index contributed by atoms with van der Waals surface area (Å²) < 4.78 is 30.1. The summed E-state index contributed by atoms with van der Waals surface area (Å²) in [5.41, 5.74) is 1.00. The van der Waals surface area contributed by atoms with Crippen LogP contribution in [0.1, 0.15) is 30.7 Å². The maximum Gasteiger partial charge on any atom is 0.221 e. The van der Waals surface area contributed by atoms with Crippen molar-refractivity contribution in [2.45, 2.75) is 25.9 Å². The highest BCUT2D eigenvalue weighted by Gasteiger charge is 2.20. The van der Waals surface area contributed by atoms with Crippen molar-refractivity contribution in [3.05, 3.63) is 60.1 Å². The van der Waals surface area contributed by atoms with Crippen LogP contribution in [0.3, 0.4) is 0 Å². The molecule has 0 bridgehead atoms. The van der Waals surface area contributed by atoms with E-state index >= 15 is 0 Å². The van der Waals surface area contributed by atoms with Gasteiger partial charge in [-0.1, -0.05) is 30.3 Å². The molecule has 2 aromatic rings. The number of rotatable bonds is 8. The molecule has 0 fully saturated rings. The maximum atomic E-state index is 12.1. The lowest BCUT2D eigenvalue weighted by atomic mass is 10.1. The van der Waals surface area contributed by atoms with Crippen molar-refractivity contribution in [1.82, 2.24) is 9.62 Å². The summed E-state index contributed by atoms with van der Waals surface area (Å²) in [5, 5.41) is 2.88. The predicted molar refractivity (Wildman–Crippen MR) is 91.6 cm³/mol. The molecule has 7 heteroatoms. The Morgan fingerprint density at radius 2 is 1.92 bits per heavy atom. The molecule has 24 heavy (non-hydrogen) atoms. The second-order valence-corrected chi connectivity index (χ2v) is 7.61. The van der Waals surface area contributed by atoms with Gasteiger partial charge in [0.05, 0.1) is 25.1 Å². The Labute approximate surface area is 142 Å². The van der Waals surface area contributed by atoms with Gasteiger partial charge in [-0.05, 0) is 24.6 Å². The van der Waals surface area contributed by atoms with Gasteiger partial charge in [-0.25, -0.2) is 8.42 Å². The van der Waals surface area contributed by atoms with Gasteiger partial charge in [0, 0.05) is 13.0 Å². The van der Waals surface area contributed by atoms with Crippen molar-refractivity contribution in [3.8, 4) is 0 Å². The molecule has 0 spiro atoms. The molecule has 2 rings (SSSR count). The first-order valence-corrected chi connectivity index (χ1v) is 9.53. The minimum atomic E-state index is -3.42. The molecule has 1 atom stereocenters. The van der Waals surface area contributed by atoms with Crippen LogP contribution in [0.15, 0.2) is 53.1 Å².